The number of hydrogen-bond acceptors (Lipinski definition) is 21. The molecular formula is C126H81Fe2N21. The third-order valence-corrected chi connectivity index (χ3v) is 20.4. The zero-order valence-corrected chi connectivity index (χ0v) is 82.4. The second-order valence-corrected chi connectivity index (χ2v) is 31.4. The van der Waals surface area contributed by atoms with Crippen LogP contribution in [0.25, 0.3) is 68.3 Å². The van der Waals surface area contributed by atoms with E-state index in [1.165, 1.54) is 0 Å². The Morgan fingerprint density at radius 1 is 0.107 bits per heavy atom. The summed E-state index contributed by atoms with van der Waals surface area (Å²) in [5, 5.41) is 0. The Morgan fingerprint density at radius 3 is 0.302 bits per heavy atom. The first-order chi connectivity index (χ1) is 72.5. The van der Waals surface area contributed by atoms with Gasteiger partial charge in [-0.25, -0.2) is 0 Å². The minimum atomic E-state index is 0. The smallest absolute Gasteiger partial charge is 0.0898 e. The molecule has 706 valence electrons. The van der Waals surface area contributed by atoms with Crippen molar-refractivity contribution < 1.29 is 34.1 Å². The number of rotatable bonds is 6. The average Bonchev–Trinajstić information content (AvgIpc) is 0.849. The summed E-state index contributed by atoms with van der Waals surface area (Å²) in [5.41, 5.74) is 29.4. The third kappa shape index (κ3) is 34.6. The van der Waals surface area contributed by atoms with Crippen molar-refractivity contribution in [2.45, 2.75) is 20.8 Å². The van der Waals surface area contributed by atoms with Crippen molar-refractivity contribution >= 4 is 0 Å². The molecule has 0 radical (unpaired) electrons. The predicted molar refractivity (Wildman–Crippen MR) is 571 cm³/mol. The van der Waals surface area contributed by atoms with E-state index >= 15 is 0 Å². The van der Waals surface area contributed by atoms with Gasteiger partial charge < -0.3 is 0 Å². The summed E-state index contributed by atoms with van der Waals surface area (Å²) in [6.45, 7) is 6.12. The van der Waals surface area contributed by atoms with E-state index in [1.54, 1.807) is 186 Å². The van der Waals surface area contributed by atoms with Crippen LogP contribution in [0.5, 0.6) is 0 Å². The Balaban J connectivity index is 0.000000141. The van der Waals surface area contributed by atoms with Crippen LogP contribution in [-0.2, 0) is 34.1 Å². The van der Waals surface area contributed by atoms with Crippen molar-refractivity contribution in [3.8, 4) is 175 Å². The van der Waals surface area contributed by atoms with Gasteiger partial charge in [0.15, 0.2) is 0 Å². The van der Waals surface area contributed by atoms with Crippen LogP contribution in [0.1, 0.15) is 117 Å². The molecule has 0 N–H and O–H groups in total. The molecule has 0 aromatic carbocycles. The van der Waals surface area contributed by atoms with Crippen molar-refractivity contribution in [1.29, 1.82) is 0 Å². The maximum absolute atomic E-state index is 4.43. The van der Waals surface area contributed by atoms with Gasteiger partial charge in [0.1, 0.15) is 0 Å². The van der Waals surface area contributed by atoms with Crippen LogP contribution in [0.2, 0.25) is 0 Å². The molecule has 0 unspecified atom stereocenters. The molecular weight excluding hydrogens is 1920 g/mol. The molecule has 0 saturated carbocycles. The zero-order valence-electron chi connectivity index (χ0n) is 80.2. The van der Waals surface area contributed by atoms with Gasteiger partial charge in [-0.15, -0.1) is 0 Å². The van der Waals surface area contributed by atoms with Gasteiger partial charge in [0.25, 0.3) is 0 Å². The molecule has 149 heavy (non-hydrogen) atoms. The number of aromatic nitrogens is 21. The first kappa shape index (κ1) is 104. The molecule has 0 spiro atoms. The van der Waals surface area contributed by atoms with Gasteiger partial charge in [0.05, 0.1) is 68.3 Å². The van der Waals surface area contributed by atoms with Crippen molar-refractivity contribution in [2.24, 2.45) is 0 Å². The van der Waals surface area contributed by atoms with E-state index in [0.717, 1.165) is 185 Å². The maximum atomic E-state index is 4.43. The third-order valence-electron chi connectivity index (χ3n) is 20.4. The molecule has 21 rings (SSSR count). The van der Waals surface area contributed by atoms with Gasteiger partial charge in [0.2, 0.25) is 0 Å². The molecule has 0 bridgehead atoms. The normalized spacial score (nSPS) is 9.52. The quantitative estimate of drug-likeness (QED) is 0.110. The zero-order chi connectivity index (χ0) is 101. The Kier molecular flexibility index (Phi) is 39.5. The molecule has 0 aliphatic heterocycles. The van der Waals surface area contributed by atoms with Crippen LogP contribution in [0, 0.1) is 127 Å². The maximum Gasteiger partial charge on any atom is 0.0898 e. The van der Waals surface area contributed by atoms with Gasteiger partial charge in [-0.3, -0.25) is 105 Å². The largest absolute Gasteiger partial charge is 0.265 e. The molecule has 0 amide bonds. The average molecular weight is 2000 g/mol. The van der Waals surface area contributed by atoms with Gasteiger partial charge in [-0.1, -0.05) is 107 Å². The molecule has 0 aliphatic rings. The van der Waals surface area contributed by atoms with E-state index in [1.807, 2.05) is 276 Å². The number of aryl methyl sites for hydroxylation is 3. The second-order valence-electron chi connectivity index (χ2n) is 31.4. The van der Waals surface area contributed by atoms with Gasteiger partial charge in [-0.2, -0.15) is 0 Å². The van der Waals surface area contributed by atoms with E-state index in [9.17, 15) is 0 Å². The molecule has 0 fully saturated rings. The first-order valence-electron chi connectivity index (χ1n) is 45.8. The predicted octanol–water partition coefficient (Wildman–Crippen LogP) is 20.9. The van der Waals surface area contributed by atoms with Crippen molar-refractivity contribution in [1.82, 2.24) is 105 Å². The monoisotopic (exact) mass is 2000 g/mol. The Morgan fingerprint density at radius 2 is 0.195 bits per heavy atom. The SMILES string of the molecule is C(#Cc1ccnc(-c2cc(C#Cc3ccncc3)ccn2)c1)c1ccncc1.C(#Cc1ccnc(-c2cc(C#Cc3ccncc3)ccn2)c1)c1ccncc1.C(#Cc1ccnc(-c2cc(C#Cc3ccncc3)ccn2)c1)c1ccncc1.Cc1ccnc(-c2cc(C#Cc3ccncc3)ccn2)c1.Cc1ccnc(-c2cc(C#Cc3ccncc3)ccn2)c1.Cc1ccnc(-c2cc(C#Cc3ccncc3)ccn2)c1.[Fe].[Fe]. The first-order valence-corrected chi connectivity index (χ1v) is 45.8. The number of nitrogens with zero attached hydrogens (tertiary/aromatic N) is 21. The molecule has 0 atom stereocenters. The summed E-state index contributed by atoms with van der Waals surface area (Å²) in [4.78, 5) is 88.6. The number of hydrogen-bond donors (Lipinski definition) is 0. The van der Waals surface area contributed by atoms with Gasteiger partial charge in [0, 0.05) is 320 Å². The topological polar surface area (TPSA) is 271 Å². The summed E-state index contributed by atoms with van der Waals surface area (Å²) in [6.07, 6.45) is 52.2. The molecule has 23 heteroatoms. The summed E-state index contributed by atoms with van der Waals surface area (Å²) >= 11 is 0. The fourth-order valence-corrected chi connectivity index (χ4v) is 13.1. The van der Waals surface area contributed by atoms with Crippen LogP contribution in [0.15, 0.2) is 441 Å². The Labute approximate surface area is 885 Å². The molecule has 21 aromatic heterocycles. The van der Waals surface area contributed by atoms with Crippen molar-refractivity contribution in [2.75, 3.05) is 0 Å². The van der Waals surface area contributed by atoms with E-state index in [2.05, 4.69) is 211 Å². The fourth-order valence-electron chi connectivity index (χ4n) is 13.1. The molecule has 21 nitrogen and oxygen atoms in total. The van der Waals surface area contributed by atoms with Gasteiger partial charge in [-0.05, 0) is 292 Å². The molecule has 21 heterocycles. The fraction of sp³-hybridized carbons (Fsp3) is 0.0238. The second kappa shape index (κ2) is 56.6. The minimum Gasteiger partial charge on any atom is -0.265 e. The van der Waals surface area contributed by atoms with E-state index in [4.69, 9.17) is 0 Å². The van der Waals surface area contributed by atoms with Crippen LogP contribution in [0.3, 0.4) is 0 Å². The summed E-state index contributed by atoms with van der Waals surface area (Å²) in [7, 11) is 0. The standard InChI is InChI=1S/3C24H14N4.3C18H13N3.2Fe/c3*1(19-5-11-25-12-6-19)3-21-9-15-27-23(17-21)24-18-22(10-16-28-24)4-2-20-7-13-26-14-8-20;3*1-14-4-10-20-17(12-14)18-13-16(7-11-21-18)3-2-15-5-8-19-9-6-15;;/h3*5-18H;3*4-13H,1H3;;. The molecule has 21 aromatic rings. The van der Waals surface area contributed by atoms with E-state index < -0.39 is 0 Å². The summed E-state index contributed by atoms with van der Waals surface area (Å²) in [6, 6.07) is 80.2. The Bertz CT molecular complexity index is 7610. The molecule has 0 aliphatic carbocycles. The van der Waals surface area contributed by atoms with E-state index in [-0.39, 0.29) is 34.1 Å². The van der Waals surface area contributed by atoms with Crippen LogP contribution in [0.4, 0.5) is 0 Å². The summed E-state index contributed by atoms with van der Waals surface area (Å²) in [5.74, 6) is 56.4. The van der Waals surface area contributed by atoms with E-state index in [0.29, 0.717) is 0 Å². The Hall–Kier alpha value is -20.8. The minimum absolute atomic E-state index is 0. The number of pyridine rings is 21. The summed E-state index contributed by atoms with van der Waals surface area (Å²) < 4.78 is 0. The van der Waals surface area contributed by atoms with Crippen LogP contribution < -0.4 is 0 Å². The van der Waals surface area contributed by atoms with Crippen LogP contribution in [-0.4, -0.2) is 105 Å². The van der Waals surface area contributed by atoms with Crippen molar-refractivity contribution in [3.05, 3.63) is 558 Å². The molecule has 0 saturated heterocycles. The van der Waals surface area contributed by atoms with Gasteiger partial charge >= 0.3 is 0 Å². The van der Waals surface area contributed by atoms with Crippen molar-refractivity contribution in [3.63, 3.8) is 0 Å². The van der Waals surface area contributed by atoms with Crippen LogP contribution >= 0.6 is 0 Å².